The lowest BCUT2D eigenvalue weighted by Crippen LogP contribution is -2.31. The number of carbonyl (C=O) groups is 1. The van der Waals surface area contributed by atoms with E-state index in [1.165, 1.54) is 5.56 Å². The standard InChI is InChI=1S/C18H20INO2/c1-3-14-4-6-15(7-5-14)13(2)20-18(21)12-22-17-10-8-16(19)9-11-17/h4-11,13H,3,12H2,1-2H3,(H,20,21)/t13-/m1/s1. The fourth-order valence-electron chi connectivity index (χ4n) is 2.09. The molecule has 3 nitrogen and oxygen atoms in total. The Hall–Kier alpha value is -1.56. The van der Waals surface area contributed by atoms with Gasteiger partial charge in [-0.15, -0.1) is 0 Å². The van der Waals surface area contributed by atoms with Crippen LogP contribution in [0, 0.1) is 3.57 Å². The van der Waals surface area contributed by atoms with Gasteiger partial charge in [0, 0.05) is 3.57 Å². The molecule has 0 radical (unpaired) electrons. The number of hydrogen-bond acceptors (Lipinski definition) is 2. The van der Waals surface area contributed by atoms with Crippen molar-refractivity contribution in [2.75, 3.05) is 6.61 Å². The molecule has 1 atom stereocenters. The molecule has 0 saturated carbocycles. The second-order valence-electron chi connectivity index (χ2n) is 5.13. The van der Waals surface area contributed by atoms with Crippen LogP contribution in [0.3, 0.4) is 0 Å². The zero-order chi connectivity index (χ0) is 15.9. The quantitative estimate of drug-likeness (QED) is 0.730. The number of amides is 1. The highest BCUT2D eigenvalue weighted by atomic mass is 127. The van der Waals surface area contributed by atoms with Crippen molar-refractivity contribution >= 4 is 28.5 Å². The topological polar surface area (TPSA) is 38.3 Å². The van der Waals surface area contributed by atoms with Crippen molar-refractivity contribution in [2.24, 2.45) is 0 Å². The Kier molecular flexibility index (Phi) is 6.24. The van der Waals surface area contributed by atoms with Crippen LogP contribution in [0.4, 0.5) is 0 Å². The first kappa shape index (κ1) is 16.8. The number of aryl methyl sites for hydroxylation is 1. The van der Waals surface area contributed by atoms with Gasteiger partial charge in [-0.25, -0.2) is 0 Å². The van der Waals surface area contributed by atoms with Crippen LogP contribution in [0.5, 0.6) is 5.75 Å². The molecule has 0 aliphatic heterocycles. The summed E-state index contributed by atoms with van der Waals surface area (Å²) in [5.74, 6) is 0.584. The van der Waals surface area contributed by atoms with Crippen molar-refractivity contribution < 1.29 is 9.53 Å². The zero-order valence-corrected chi connectivity index (χ0v) is 15.0. The summed E-state index contributed by atoms with van der Waals surface area (Å²) in [6.45, 7) is 4.13. The van der Waals surface area contributed by atoms with Gasteiger partial charge in [0.2, 0.25) is 0 Å². The van der Waals surface area contributed by atoms with Crippen molar-refractivity contribution in [3.05, 3.63) is 63.2 Å². The molecule has 0 aromatic heterocycles. The van der Waals surface area contributed by atoms with E-state index in [-0.39, 0.29) is 18.6 Å². The summed E-state index contributed by atoms with van der Waals surface area (Å²) >= 11 is 2.23. The van der Waals surface area contributed by atoms with Crippen LogP contribution in [0.25, 0.3) is 0 Å². The fourth-order valence-corrected chi connectivity index (χ4v) is 2.45. The maximum absolute atomic E-state index is 12.0. The van der Waals surface area contributed by atoms with Gasteiger partial charge in [-0.2, -0.15) is 0 Å². The Labute approximate surface area is 145 Å². The summed E-state index contributed by atoms with van der Waals surface area (Å²) in [4.78, 5) is 12.0. The second-order valence-corrected chi connectivity index (χ2v) is 6.37. The molecule has 22 heavy (non-hydrogen) atoms. The van der Waals surface area contributed by atoms with Crippen LogP contribution in [-0.4, -0.2) is 12.5 Å². The summed E-state index contributed by atoms with van der Waals surface area (Å²) in [7, 11) is 0. The van der Waals surface area contributed by atoms with Gasteiger partial charge in [0.05, 0.1) is 6.04 Å². The van der Waals surface area contributed by atoms with Gasteiger partial charge in [0.25, 0.3) is 5.91 Å². The molecule has 116 valence electrons. The van der Waals surface area contributed by atoms with Crippen molar-refractivity contribution in [3.8, 4) is 5.75 Å². The minimum Gasteiger partial charge on any atom is -0.484 e. The molecule has 0 unspecified atom stereocenters. The number of hydrogen-bond donors (Lipinski definition) is 1. The lowest BCUT2D eigenvalue weighted by Gasteiger charge is -2.15. The smallest absolute Gasteiger partial charge is 0.258 e. The Morgan fingerprint density at radius 3 is 2.36 bits per heavy atom. The van der Waals surface area contributed by atoms with E-state index in [1.54, 1.807) is 0 Å². The summed E-state index contributed by atoms with van der Waals surface area (Å²) < 4.78 is 6.62. The van der Waals surface area contributed by atoms with Crippen molar-refractivity contribution in [2.45, 2.75) is 26.3 Å². The number of ether oxygens (including phenoxy) is 1. The van der Waals surface area contributed by atoms with E-state index in [1.807, 2.05) is 31.2 Å². The monoisotopic (exact) mass is 409 g/mol. The SMILES string of the molecule is CCc1ccc([C@@H](C)NC(=O)COc2ccc(I)cc2)cc1. The summed E-state index contributed by atoms with van der Waals surface area (Å²) in [5, 5.41) is 2.95. The maximum atomic E-state index is 12.0. The summed E-state index contributed by atoms with van der Waals surface area (Å²) in [5.41, 5.74) is 2.39. The first-order chi connectivity index (χ1) is 10.6. The van der Waals surface area contributed by atoms with Gasteiger partial charge in [0.15, 0.2) is 6.61 Å². The fraction of sp³-hybridized carbons (Fsp3) is 0.278. The second kappa shape index (κ2) is 8.17. The van der Waals surface area contributed by atoms with Crippen molar-refractivity contribution in [3.63, 3.8) is 0 Å². The van der Waals surface area contributed by atoms with Gasteiger partial charge < -0.3 is 10.1 Å². The minimum atomic E-state index is -0.120. The molecule has 0 bridgehead atoms. The van der Waals surface area contributed by atoms with Gasteiger partial charge in [-0.3, -0.25) is 4.79 Å². The van der Waals surface area contributed by atoms with Crippen molar-refractivity contribution in [1.29, 1.82) is 0 Å². The van der Waals surface area contributed by atoms with Gasteiger partial charge in [0.1, 0.15) is 5.75 Å². The Morgan fingerprint density at radius 1 is 1.14 bits per heavy atom. The Balaban J connectivity index is 1.83. The van der Waals surface area contributed by atoms with Crippen molar-refractivity contribution in [1.82, 2.24) is 5.32 Å². The molecule has 0 aliphatic rings. The molecule has 2 rings (SSSR count). The molecule has 1 amide bonds. The number of nitrogens with one attached hydrogen (secondary N) is 1. The van der Waals surface area contributed by atoms with Gasteiger partial charge in [-0.1, -0.05) is 31.2 Å². The molecule has 0 spiro atoms. The molecular formula is C18H20INO2. The van der Waals surface area contributed by atoms with Crippen LogP contribution in [0.1, 0.15) is 31.0 Å². The molecule has 1 N–H and O–H groups in total. The predicted molar refractivity (Wildman–Crippen MR) is 97.0 cm³/mol. The third-order valence-electron chi connectivity index (χ3n) is 3.45. The van der Waals surface area contributed by atoms with Crippen LogP contribution in [-0.2, 0) is 11.2 Å². The van der Waals surface area contributed by atoms with E-state index in [4.69, 9.17) is 4.74 Å². The number of benzene rings is 2. The van der Waals surface area contributed by atoms with E-state index in [0.717, 1.165) is 15.6 Å². The summed E-state index contributed by atoms with van der Waals surface area (Å²) in [6.07, 6.45) is 1.02. The average Bonchev–Trinajstić information content (AvgIpc) is 2.54. The lowest BCUT2D eigenvalue weighted by atomic mass is 10.1. The first-order valence-electron chi connectivity index (χ1n) is 7.35. The highest BCUT2D eigenvalue weighted by Gasteiger charge is 2.10. The van der Waals surface area contributed by atoms with E-state index in [2.05, 4.69) is 59.1 Å². The van der Waals surface area contributed by atoms with Gasteiger partial charge >= 0.3 is 0 Å². The largest absolute Gasteiger partial charge is 0.484 e. The normalized spacial score (nSPS) is 11.8. The van der Waals surface area contributed by atoms with E-state index in [0.29, 0.717) is 5.75 Å². The molecule has 4 heteroatoms. The third-order valence-corrected chi connectivity index (χ3v) is 4.17. The van der Waals surface area contributed by atoms with Crippen LogP contribution < -0.4 is 10.1 Å². The number of rotatable bonds is 6. The molecule has 0 aliphatic carbocycles. The zero-order valence-electron chi connectivity index (χ0n) is 12.8. The van der Waals surface area contributed by atoms with E-state index < -0.39 is 0 Å². The molecule has 0 fully saturated rings. The molecular weight excluding hydrogens is 389 g/mol. The van der Waals surface area contributed by atoms with E-state index >= 15 is 0 Å². The number of carbonyl (C=O) groups excluding carboxylic acids is 1. The van der Waals surface area contributed by atoms with Gasteiger partial charge in [-0.05, 0) is 71.3 Å². The minimum absolute atomic E-state index is 0.0258. The summed E-state index contributed by atoms with van der Waals surface area (Å²) in [6, 6.07) is 15.9. The maximum Gasteiger partial charge on any atom is 0.258 e. The molecule has 0 saturated heterocycles. The first-order valence-corrected chi connectivity index (χ1v) is 8.43. The molecule has 2 aromatic rings. The lowest BCUT2D eigenvalue weighted by molar-refractivity contribution is -0.123. The van der Waals surface area contributed by atoms with Crippen LogP contribution >= 0.6 is 22.6 Å². The van der Waals surface area contributed by atoms with Crippen LogP contribution in [0.2, 0.25) is 0 Å². The van der Waals surface area contributed by atoms with E-state index in [9.17, 15) is 4.79 Å². The van der Waals surface area contributed by atoms with Crippen LogP contribution in [0.15, 0.2) is 48.5 Å². The average molecular weight is 409 g/mol. The molecule has 2 aromatic carbocycles. The third kappa shape index (κ3) is 5.02. The highest BCUT2D eigenvalue weighted by Crippen LogP contribution is 2.15. The predicted octanol–water partition coefficient (Wildman–Crippen LogP) is 4.11. The Bertz CT molecular complexity index is 608. The Morgan fingerprint density at radius 2 is 1.77 bits per heavy atom. The molecule has 0 heterocycles. The number of halogens is 1. The highest BCUT2D eigenvalue weighted by molar-refractivity contribution is 14.1.